The number of esters is 1. The van der Waals surface area contributed by atoms with E-state index in [4.69, 9.17) is 19.5 Å². The molecule has 0 saturated carbocycles. The molecule has 0 N–H and O–H groups in total. The van der Waals surface area contributed by atoms with Gasteiger partial charge in [0.05, 0.1) is 12.2 Å². The highest BCUT2D eigenvalue weighted by Gasteiger charge is 2.08. The summed E-state index contributed by atoms with van der Waals surface area (Å²) in [6.07, 6.45) is 0. The summed E-state index contributed by atoms with van der Waals surface area (Å²) in [5, 5.41) is 8.98. The first-order chi connectivity index (χ1) is 11.1. The Hall–Kier alpha value is -3.07. The maximum atomic E-state index is 13.0. The molecular formula is C17H13FNO4. The van der Waals surface area contributed by atoms with Gasteiger partial charge in [-0.3, -0.25) is 0 Å². The first-order valence-electron chi connectivity index (χ1n) is 6.80. The summed E-state index contributed by atoms with van der Waals surface area (Å²) in [7, 11) is 0. The molecule has 0 aliphatic carbocycles. The van der Waals surface area contributed by atoms with Crippen molar-refractivity contribution < 1.29 is 23.4 Å². The highest BCUT2D eigenvalue weighted by Crippen LogP contribution is 2.28. The van der Waals surface area contributed by atoms with E-state index in [2.05, 4.69) is 6.07 Å². The number of carbonyl (C=O) groups is 1. The van der Waals surface area contributed by atoms with Crippen LogP contribution in [0.15, 0.2) is 36.4 Å². The van der Waals surface area contributed by atoms with Crippen molar-refractivity contribution in [1.29, 1.82) is 5.26 Å². The summed E-state index contributed by atoms with van der Waals surface area (Å²) < 4.78 is 28.6. The van der Waals surface area contributed by atoms with Crippen molar-refractivity contribution in [3.05, 3.63) is 53.8 Å². The SMILES string of the molecule is CCOC(=O)COc1cccc(Oc2c[c]c(F)cc2C#N)c1. The van der Waals surface area contributed by atoms with Crippen molar-refractivity contribution >= 4 is 5.97 Å². The fraction of sp³-hybridized carbons (Fsp3) is 0.176. The Morgan fingerprint density at radius 2 is 2.13 bits per heavy atom. The van der Waals surface area contributed by atoms with E-state index in [1.165, 1.54) is 6.07 Å². The largest absolute Gasteiger partial charge is 0.482 e. The van der Waals surface area contributed by atoms with E-state index in [1.54, 1.807) is 31.2 Å². The number of hydrogen-bond acceptors (Lipinski definition) is 5. The molecule has 0 heterocycles. The lowest BCUT2D eigenvalue weighted by Crippen LogP contribution is -2.14. The van der Waals surface area contributed by atoms with Crippen LogP contribution in [0.3, 0.4) is 0 Å². The van der Waals surface area contributed by atoms with Gasteiger partial charge in [0.15, 0.2) is 6.61 Å². The molecule has 0 aliphatic heterocycles. The maximum Gasteiger partial charge on any atom is 0.344 e. The quantitative estimate of drug-likeness (QED) is 0.766. The molecule has 0 saturated heterocycles. The molecule has 0 amide bonds. The Morgan fingerprint density at radius 3 is 2.87 bits per heavy atom. The van der Waals surface area contributed by atoms with Crippen LogP contribution >= 0.6 is 0 Å². The molecule has 0 spiro atoms. The van der Waals surface area contributed by atoms with E-state index in [9.17, 15) is 9.18 Å². The maximum absolute atomic E-state index is 13.0. The van der Waals surface area contributed by atoms with Crippen LogP contribution in [-0.2, 0) is 9.53 Å². The number of nitrogens with zero attached hydrogens (tertiary/aromatic N) is 1. The second-order valence-corrected chi connectivity index (χ2v) is 4.34. The number of halogens is 1. The number of benzene rings is 2. The van der Waals surface area contributed by atoms with E-state index in [0.717, 1.165) is 6.07 Å². The number of ether oxygens (including phenoxy) is 3. The lowest BCUT2D eigenvalue weighted by Gasteiger charge is -2.10. The van der Waals surface area contributed by atoms with Gasteiger partial charge >= 0.3 is 5.97 Å². The van der Waals surface area contributed by atoms with Gasteiger partial charge in [-0.05, 0) is 31.2 Å². The number of rotatable bonds is 6. The molecule has 1 radical (unpaired) electrons. The van der Waals surface area contributed by atoms with Gasteiger partial charge in [-0.2, -0.15) is 5.26 Å². The summed E-state index contributed by atoms with van der Waals surface area (Å²) >= 11 is 0. The van der Waals surface area contributed by atoms with E-state index in [-0.39, 0.29) is 24.5 Å². The summed E-state index contributed by atoms with van der Waals surface area (Å²) in [5.74, 6) is -0.154. The lowest BCUT2D eigenvalue weighted by atomic mass is 10.2. The van der Waals surface area contributed by atoms with Gasteiger partial charge in [-0.25, -0.2) is 9.18 Å². The van der Waals surface area contributed by atoms with Gasteiger partial charge in [0.2, 0.25) is 0 Å². The van der Waals surface area contributed by atoms with Crippen LogP contribution in [0.25, 0.3) is 0 Å². The molecule has 0 aromatic heterocycles. The third-order valence-electron chi connectivity index (χ3n) is 2.69. The summed E-state index contributed by atoms with van der Waals surface area (Å²) in [6, 6.07) is 13.0. The van der Waals surface area contributed by atoms with Crippen LogP contribution < -0.4 is 9.47 Å². The molecule has 0 unspecified atom stereocenters. The Kier molecular flexibility index (Phi) is 5.53. The smallest absolute Gasteiger partial charge is 0.344 e. The van der Waals surface area contributed by atoms with Crippen molar-refractivity contribution in [1.82, 2.24) is 0 Å². The van der Waals surface area contributed by atoms with Crippen LogP contribution in [0.5, 0.6) is 17.2 Å². The summed E-state index contributed by atoms with van der Waals surface area (Å²) in [4.78, 5) is 11.3. The minimum absolute atomic E-state index is 0.0547. The van der Waals surface area contributed by atoms with E-state index in [1.807, 2.05) is 6.07 Å². The Labute approximate surface area is 132 Å². The van der Waals surface area contributed by atoms with Crippen LogP contribution in [-0.4, -0.2) is 19.2 Å². The fourth-order valence-electron chi connectivity index (χ4n) is 1.72. The third-order valence-corrected chi connectivity index (χ3v) is 2.69. The van der Waals surface area contributed by atoms with Gasteiger partial charge in [-0.1, -0.05) is 6.07 Å². The van der Waals surface area contributed by atoms with E-state index in [0.29, 0.717) is 11.5 Å². The van der Waals surface area contributed by atoms with Crippen LogP contribution in [0.2, 0.25) is 0 Å². The van der Waals surface area contributed by atoms with Crippen LogP contribution in [0.4, 0.5) is 4.39 Å². The van der Waals surface area contributed by atoms with Crippen molar-refractivity contribution in [3.8, 4) is 23.3 Å². The molecule has 5 nitrogen and oxygen atoms in total. The van der Waals surface area contributed by atoms with Crippen LogP contribution in [0, 0.1) is 23.2 Å². The van der Waals surface area contributed by atoms with Gasteiger partial charge in [0.1, 0.15) is 29.1 Å². The summed E-state index contributed by atoms with van der Waals surface area (Å²) in [5.41, 5.74) is 0.0547. The molecule has 0 atom stereocenters. The summed E-state index contributed by atoms with van der Waals surface area (Å²) in [6.45, 7) is 1.77. The predicted molar refractivity (Wildman–Crippen MR) is 78.6 cm³/mol. The second-order valence-electron chi connectivity index (χ2n) is 4.34. The number of nitriles is 1. The van der Waals surface area contributed by atoms with Crippen molar-refractivity contribution in [2.45, 2.75) is 6.92 Å². The van der Waals surface area contributed by atoms with Crippen molar-refractivity contribution in [3.63, 3.8) is 0 Å². The lowest BCUT2D eigenvalue weighted by molar-refractivity contribution is -0.145. The highest BCUT2D eigenvalue weighted by atomic mass is 19.1. The zero-order valence-corrected chi connectivity index (χ0v) is 12.3. The minimum atomic E-state index is -0.638. The van der Waals surface area contributed by atoms with E-state index < -0.39 is 11.8 Å². The Balaban J connectivity index is 2.09. The molecule has 0 fully saturated rings. The number of carbonyl (C=O) groups excluding carboxylic acids is 1. The molecular weight excluding hydrogens is 301 g/mol. The first-order valence-corrected chi connectivity index (χ1v) is 6.80. The minimum Gasteiger partial charge on any atom is -0.482 e. The Bertz CT molecular complexity index is 740. The first kappa shape index (κ1) is 16.3. The molecule has 2 aromatic rings. The van der Waals surface area contributed by atoms with Crippen molar-refractivity contribution in [2.75, 3.05) is 13.2 Å². The normalized spacial score (nSPS) is 9.78. The van der Waals surface area contributed by atoms with E-state index >= 15 is 0 Å². The van der Waals surface area contributed by atoms with Gasteiger partial charge < -0.3 is 14.2 Å². The molecule has 2 rings (SSSR count). The molecule has 23 heavy (non-hydrogen) atoms. The fourth-order valence-corrected chi connectivity index (χ4v) is 1.72. The number of hydrogen-bond donors (Lipinski definition) is 0. The molecule has 117 valence electrons. The average molecular weight is 314 g/mol. The van der Waals surface area contributed by atoms with Gasteiger partial charge in [0.25, 0.3) is 0 Å². The van der Waals surface area contributed by atoms with Gasteiger partial charge in [0, 0.05) is 12.1 Å². The predicted octanol–water partition coefficient (Wildman–Crippen LogP) is 3.23. The standard InChI is InChI=1S/C17H13FNO4/c1-2-21-17(20)11-22-14-4-3-5-15(9-14)23-16-7-6-13(18)8-12(16)10-19/h3-5,7-9H,2,11H2,1H3. The average Bonchev–Trinajstić information content (AvgIpc) is 2.55. The topological polar surface area (TPSA) is 68.6 Å². The molecule has 6 heteroatoms. The highest BCUT2D eigenvalue weighted by molar-refractivity contribution is 5.71. The molecule has 0 bridgehead atoms. The van der Waals surface area contributed by atoms with Gasteiger partial charge in [-0.15, -0.1) is 0 Å². The molecule has 0 aliphatic rings. The molecule has 2 aromatic carbocycles. The Morgan fingerprint density at radius 1 is 1.35 bits per heavy atom. The monoisotopic (exact) mass is 314 g/mol. The zero-order chi connectivity index (χ0) is 16.7. The van der Waals surface area contributed by atoms with Crippen molar-refractivity contribution in [2.24, 2.45) is 0 Å². The third kappa shape index (κ3) is 4.71. The second kappa shape index (κ2) is 7.80. The van der Waals surface area contributed by atoms with Crippen LogP contribution in [0.1, 0.15) is 12.5 Å². The zero-order valence-electron chi connectivity index (χ0n) is 12.3.